The molecule has 1 N–H and O–H groups in total. The molecule has 9 heteroatoms. The van der Waals surface area contributed by atoms with Crippen molar-refractivity contribution in [2.45, 2.75) is 26.8 Å². The van der Waals surface area contributed by atoms with E-state index in [9.17, 15) is 9.18 Å². The molecule has 1 saturated heterocycles. The Bertz CT molecular complexity index is 1390. The van der Waals surface area contributed by atoms with Crippen LogP contribution < -0.4 is 10.2 Å². The van der Waals surface area contributed by atoms with Crippen LogP contribution in [-0.4, -0.2) is 56.5 Å². The number of imidazole rings is 1. The quantitative estimate of drug-likeness (QED) is 0.399. The summed E-state index contributed by atoms with van der Waals surface area (Å²) >= 11 is 0. The normalized spacial score (nSPS) is 13.8. The highest BCUT2D eigenvalue weighted by Gasteiger charge is 2.23. The summed E-state index contributed by atoms with van der Waals surface area (Å²) in [4.78, 5) is 30.3. The Labute approximate surface area is 215 Å². The Morgan fingerprint density at radius 3 is 2.41 bits per heavy atom. The number of carbonyl (C=O) groups is 1. The number of halogens is 1. The first-order valence-electron chi connectivity index (χ1n) is 12.4. The maximum absolute atomic E-state index is 14.1. The Balaban J connectivity index is 1.23. The predicted octanol–water partition coefficient (Wildman–Crippen LogP) is 5.07. The minimum atomic E-state index is -0.236. The standard InChI is InChI=1S/C28H30FN7O/c1-19(2)36-20(3)31-18-26(36)24-12-13-30-28(33-24)32-22-10-8-21(9-11-22)27(37)35-16-14-34(15-17-35)25-7-5-4-6-23(25)29/h4-13,18-19H,14-17H2,1-3H3,(H,30,32,33). The molecule has 1 fully saturated rings. The molecule has 4 aromatic rings. The lowest BCUT2D eigenvalue weighted by atomic mass is 10.1. The second-order valence-corrected chi connectivity index (χ2v) is 9.35. The van der Waals surface area contributed by atoms with Gasteiger partial charge in [-0.2, -0.15) is 0 Å². The number of piperazine rings is 1. The Morgan fingerprint density at radius 1 is 0.973 bits per heavy atom. The van der Waals surface area contributed by atoms with Gasteiger partial charge in [0, 0.05) is 49.7 Å². The molecule has 0 radical (unpaired) electrons. The van der Waals surface area contributed by atoms with Crippen molar-refractivity contribution >= 4 is 23.2 Å². The van der Waals surface area contributed by atoms with E-state index >= 15 is 0 Å². The van der Waals surface area contributed by atoms with Crippen molar-refractivity contribution in [3.63, 3.8) is 0 Å². The van der Waals surface area contributed by atoms with Crippen LogP contribution in [0.25, 0.3) is 11.4 Å². The van der Waals surface area contributed by atoms with Gasteiger partial charge in [-0.15, -0.1) is 0 Å². The number of benzene rings is 2. The molecule has 0 bridgehead atoms. The van der Waals surface area contributed by atoms with Crippen LogP contribution in [0.1, 0.15) is 36.1 Å². The van der Waals surface area contributed by atoms with Crippen LogP contribution in [0.4, 0.5) is 21.7 Å². The molecule has 0 saturated carbocycles. The van der Waals surface area contributed by atoms with Crippen molar-refractivity contribution in [2.24, 2.45) is 0 Å². The monoisotopic (exact) mass is 499 g/mol. The van der Waals surface area contributed by atoms with Gasteiger partial charge in [-0.05, 0) is 63.2 Å². The minimum absolute atomic E-state index is 0.0321. The van der Waals surface area contributed by atoms with Crippen molar-refractivity contribution in [1.29, 1.82) is 0 Å². The van der Waals surface area contributed by atoms with Crippen LogP contribution >= 0.6 is 0 Å². The number of carbonyl (C=O) groups excluding carboxylic acids is 1. The van der Waals surface area contributed by atoms with Gasteiger partial charge in [0.1, 0.15) is 11.6 Å². The Morgan fingerprint density at radius 2 is 1.70 bits per heavy atom. The highest BCUT2D eigenvalue weighted by Crippen LogP contribution is 2.25. The van der Waals surface area contributed by atoms with E-state index in [1.807, 2.05) is 47.2 Å². The van der Waals surface area contributed by atoms with Gasteiger partial charge < -0.3 is 19.7 Å². The number of nitrogens with one attached hydrogen (secondary N) is 1. The van der Waals surface area contributed by atoms with Crippen molar-refractivity contribution in [1.82, 2.24) is 24.4 Å². The van der Waals surface area contributed by atoms with Gasteiger partial charge in [0.25, 0.3) is 5.91 Å². The smallest absolute Gasteiger partial charge is 0.253 e. The van der Waals surface area contributed by atoms with Crippen LogP contribution in [0, 0.1) is 12.7 Å². The number of aryl methyl sites for hydroxylation is 1. The lowest BCUT2D eigenvalue weighted by Gasteiger charge is -2.36. The maximum atomic E-state index is 14.1. The third-order valence-corrected chi connectivity index (χ3v) is 6.56. The van der Waals surface area contributed by atoms with E-state index in [4.69, 9.17) is 0 Å². The van der Waals surface area contributed by atoms with E-state index in [0.29, 0.717) is 43.4 Å². The molecule has 1 aliphatic rings. The summed E-state index contributed by atoms with van der Waals surface area (Å²) in [6.07, 6.45) is 3.55. The first-order chi connectivity index (χ1) is 17.9. The molecule has 2 aromatic carbocycles. The predicted molar refractivity (Wildman–Crippen MR) is 143 cm³/mol. The number of rotatable bonds is 6. The fourth-order valence-electron chi connectivity index (χ4n) is 4.72. The summed E-state index contributed by atoms with van der Waals surface area (Å²) in [5.74, 6) is 1.14. The molecule has 0 unspecified atom stereocenters. The fraction of sp³-hybridized carbons (Fsp3) is 0.286. The number of nitrogens with zero attached hydrogens (tertiary/aromatic N) is 6. The van der Waals surface area contributed by atoms with E-state index in [1.165, 1.54) is 6.07 Å². The van der Waals surface area contributed by atoms with Crippen LogP contribution in [-0.2, 0) is 0 Å². The summed E-state index contributed by atoms with van der Waals surface area (Å²) in [5.41, 5.74) is 3.70. The molecule has 2 aromatic heterocycles. The highest BCUT2D eigenvalue weighted by molar-refractivity contribution is 5.94. The molecular weight excluding hydrogens is 469 g/mol. The zero-order valence-electron chi connectivity index (χ0n) is 21.2. The molecule has 1 aliphatic heterocycles. The molecule has 3 heterocycles. The fourth-order valence-corrected chi connectivity index (χ4v) is 4.72. The van der Waals surface area contributed by atoms with E-state index < -0.39 is 0 Å². The zero-order chi connectivity index (χ0) is 25.9. The van der Waals surface area contributed by atoms with Crippen LogP contribution in [0.2, 0.25) is 0 Å². The lowest BCUT2D eigenvalue weighted by molar-refractivity contribution is 0.0746. The number of hydrogen-bond acceptors (Lipinski definition) is 6. The van der Waals surface area contributed by atoms with Crippen LogP contribution in [0.5, 0.6) is 0 Å². The van der Waals surface area contributed by atoms with Gasteiger partial charge in [-0.3, -0.25) is 4.79 Å². The van der Waals surface area contributed by atoms with E-state index in [-0.39, 0.29) is 17.8 Å². The number of para-hydroxylation sites is 1. The van der Waals surface area contributed by atoms with E-state index in [2.05, 4.69) is 38.7 Å². The average Bonchev–Trinajstić information content (AvgIpc) is 3.31. The van der Waals surface area contributed by atoms with Gasteiger partial charge in [-0.25, -0.2) is 19.3 Å². The topological polar surface area (TPSA) is 79.2 Å². The third-order valence-electron chi connectivity index (χ3n) is 6.56. The summed E-state index contributed by atoms with van der Waals surface area (Å²) < 4.78 is 16.2. The summed E-state index contributed by atoms with van der Waals surface area (Å²) in [6, 6.07) is 16.2. The van der Waals surface area contributed by atoms with Crippen LogP contribution in [0.3, 0.4) is 0 Å². The largest absolute Gasteiger partial charge is 0.366 e. The second kappa shape index (κ2) is 10.4. The zero-order valence-corrected chi connectivity index (χ0v) is 21.2. The molecule has 190 valence electrons. The Hall–Kier alpha value is -4.27. The average molecular weight is 500 g/mol. The molecule has 5 rings (SSSR count). The Kier molecular flexibility index (Phi) is 6.85. The van der Waals surface area contributed by atoms with Gasteiger partial charge in [-0.1, -0.05) is 12.1 Å². The molecule has 8 nitrogen and oxygen atoms in total. The number of amides is 1. The first kappa shape index (κ1) is 24.4. The van der Waals surface area contributed by atoms with Crippen LogP contribution in [0.15, 0.2) is 67.0 Å². The highest BCUT2D eigenvalue weighted by atomic mass is 19.1. The molecule has 37 heavy (non-hydrogen) atoms. The number of hydrogen-bond donors (Lipinski definition) is 1. The van der Waals surface area contributed by atoms with Gasteiger partial charge >= 0.3 is 0 Å². The molecule has 0 aliphatic carbocycles. The molecular formula is C28H30FN7O. The molecule has 1 amide bonds. The van der Waals surface area contributed by atoms with Crippen molar-refractivity contribution < 1.29 is 9.18 Å². The lowest BCUT2D eigenvalue weighted by Crippen LogP contribution is -2.49. The molecule has 0 spiro atoms. The van der Waals surface area contributed by atoms with Crippen molar-refractivity contribution in [3.8, 4) is 11.4 Å². The summed E-state index contributed by atoms with van der Waals surface area (Å²) in [7, 11) is 0. The SMILES string of the molecule is Cc1ncc(-c2ccnc(Nc3ccc(C(=O)N4CCN(c5ccccc5F)CC4)cc3)n2)n1C(C)C. The van der Waals surface area contributed by atoms with Crippen molar-refractivity contribution in [2.75, 3.05) is 36.4 Å². The summed E-state index contributed by atoms with van der Waals surface area (Å²) in [6.45, 7) is 8.48. The maximum Gasteiger partial charge on any atom is 0.253 e. The minimum Gasteiger partial charge on any atom is -0.366 e. The second-order valence-electron chi connectivity index (χ2n) is 9.35. The summed E-state index contributed by atoms with van der Waals surface area (Å²) in [5, 5.41) is 3.23. The van der Waals surface area contributed by atoms with Gasteiger partial charge in [0.05, 0.1) is 23.3 Å². The van der Waals surface area contributed by atoms with Gasteiger partial charge in [0.2, 0.25) is 5.95 Å². The van der Waals surface area contributed by atoms with Gasteiger partial charge in [0.15, 0.2) is 0 Å². The molecule has 0 atom stereocenters. The van der Waals surface area contributed by atoms with E-state index in [0.717, 1.165) is 22.9 Å². The number of anilines is 3. The number of aromatic nitrogens is 4. The van der Waals surface area contributed by atoms with E-state index in [1.54, 1.807) is 30.5 Å². The third kappa shape index (κ3) is 5.16. The first-order valence-corrected chi connectivity index (χ1v) is 12.4. The van der Waals surface area contributed by atoms with Crippen molar-refractivity contribution in [3.05, 3.63) is 84.2 Å².